The van der Waals surface area contributed by atoms with E-state index >= 15 is 0 Å². The number of hydrogen-bond acceptors (Lipinski definition) is 7. The van der Waals surface area contributed by atoms with Crippen LogP contribution in [0.4, 0.5) is 0 Å². The number of hydrogen-bond donors (Lipinski definition) is 4. The third kappa shape index (κ3) is 3.02. The summed E-state index contributed by atoms with van der Waals surface area (Å²) in [5.41, 5.74) is 6.05. The minimum Gasteiger partial charge on any atom is -0.508 e. The average molecular weight is 377 g/mol. The molecule has 0 aromatic heterocycles. The Morgan fingerprint density at radius 3 is 2.59 bits per heavy atom. The lowest BCUT2D eigenvalue weighted by Gasteiger charge is -2.53. The molecule has 2 amide bonds. The highest BCUT2D eigenvalue weighted by Crippen LogP contribution is 2.34. The predicted molar refractivity (Wildman–Crippen MR) is 89.4 cm³/mol. The number of phenolic OH excluding ortho intramolecular Hbond substituents is 1. The van der Waals surface area contributed by atoms with Gasteiger partial charge in [-0.15, -0.1) is 0 Å². The number of rotatable bonds is 5. The van der Waals surface area contributed by atoms with Gasteiger partial charge < -0.3 is 30.9 Å². The number of nitrogens with zero attached hydrogens (tertiary/aromatic N) is 1. The number of β-lactam (4-membered cyclic amide) rings is 1. The SMILES string of the molecule is CO[C@@H]1C[C@H]2[C@H](NC(=O)C(N)c3ccccc3O)C(=O)N2[C@@H](C(=O)O)C1=O. The van der Waals surface area contributed by atoms with Crippen molar-refractivity contribution in [3.05, 3.63) is 29.8 Å². The molecule has 5 N–H and O–H groups in total. The van der Waals surface area contributed by atoms with Crippen molar-refractivity contribution in [3.8, 4) is 5.75 Å². The monoisotopic (exact) mass is 377 g/mol. The number of carboxylic acid groups (broad SMARTS) is 1. The Bertz CT molecular complexity index is 811. The maximum atomic E-state index is 12.4. The Balaban J connectivity index is 1.76. The van der Waals surface area contributed by atoms with Gasteiger partial charge in [0.05, 0.1) is 6.04 Å². The van der Waals surface area contributed by atoms with Crippen LogP contribution >= 0.6 is 0 Å². The minimum atomic E-state index is -1.64. The van der Waals surface area contributed by atoms with Gasteiger partial charge in [0.1, 0.15) is 23.9 Å². The third-order valence-corrected chi connectivity index (χ3v) is 4.95. The normalized spacial score (nSPS) is 28.1. The minimum absolute atomic E-state index is 0.0711. The highest BCUT2D eigenvalue weighted by Gasteiger charge is 2.60. The molecule has 3 rings (SSSR count). The first-order chi connectivity index (χ1) is 12.8. The van der Waals surface area contributed by atoms with Gasteiger partial charge in [-0.1, -0.05) is 18.2 Å². The summed E-state index contributed by atoms with van der Waals surface area (Å²) in [6.07, 6.45) is -0.909. The first-order valence-electron chi connectivity index (χ1n) is 8.23. The van der Waals surface area contributed by atoms with Crippen LogP contribution in [-0.2, 0) is 23.9 Å². The van der Waals surface area contributed by atoms with Crippen molar-refractivity contribution >= 4 is 23.6 Å². The van der Waals surface area contributed by atoms with Crippen LogP contribution < -0.4 is 11.1 Å². The molecule has 144 valence electrons. The lowest BCUT2D eigenvalue weighted by molar-refractivity contribution is -0.180. The summed E-state index contributed by atoms with van der Waals surface area (Å²) in [5.74, 6) is -3.68. The van der Waals surface area contributed by atoms with E-state index in [1.54, 1.807) is 12.1 Å². The van der Waals surface area contributed by atoms with Gasteiger partial charge in [0, 0.05) is 19.1 Å². The second-order valence-corrected chi connectivity index (χ2v) is 6.44. The standard InChI is InChI=1S/C17H19N3O7/c1-27-10-6-8-12(16(24)20(8)13(14(10)22)17(25)26)19-15(23)11(18)7-4-2-3-5-9(7)21/h2-5,8,10-13,21H,6,18H2,1H3,(H,19,23)(H,25,26)/t8-,10+,11?,12-,13+/m0/s1. The molecule has 2 fully saturated rings. The van der Waals surface area contributed by atoms with Crippen LogP contribution in [0.5, 0.6) is 5.75 Å². The van der Waals surface area contributed by atoms with Gasteiger partial charge in [0.2, 0.25) is 11.8 Å². The molecule has 27 heavy (non-hydrogen) atoms. The van der Waals surface area contributed by atoms with Crippen LogP contribution in [0, 0.1) is 0 Å². The van der Waals surface area contributed by atoms with E-state index < -0.39 is 53.8 Å². The molecule has 0 radical (unpaired) electrons. The summed E-state index contributed by atoms with van der Waals surface area (Å²) in [7, 11) is 1.28. The van der Waals surface area contributed by atoms with Crippen LogP contribution in [0.2, 0.25) is 0 Å². The number of fused-ring (bicyclic) bond motifs is 1. The quantitative estimate of drug-likeness (QED) is 0.357. The van der Waals surface area contributed by atoms with Crippen molar-refractivity contribution in [3.63, 3.8) is 0 Å². The molecule has 2 saturated heterocycles. The molecule has 10 nitrogen and oxygen atoms in total. The van der Waals surface area contributed by atoms with Crippen molar-refractivity contribution < 1.29 is 34.1 Å². The molecule has 1 unspecified atom stereocenters. The Labute approximate surface area is 153 Å². The third-order valence-electron chi connectivity index (χ3n) is 4.95. The fourth-order valence-electron chi connectivity index (χ4n) is 3.53. The summed E-state index contributed by atoms with van der Waals surface area (Å²) in [4.78, 5) is 49.3. The molecule has 0 spiro atoms. The number of nitrogens with two attached hydrogens (primary N) is 1. The number of carboxylic acids is 1. The number of aromatic hydroxyl groups is 1. The zero-order chi connectivity index (χ0) is 19.9. The van der Waals surface area contributed by atoms with Crippen LogP contribution in [-0.4, -0.2) is 70.0 Å². The summed E-state index contributed by atoms with van der Waals surface area (Å²) >= 11 is 0. The Hall–Kier alpha value is -2.98. The zero-order valence-electron chi connectivity index (χ0n) is 14.4. The summed E-state index contributed by atoms with van der Waals surface area (Å²) < 4.78 is 5.04. The molecule has 0 saturated carbocycles. The number of para-hydroxylation sites is 1. The highest BCUT2D eigenvalue weighted by molar-refractivity contribution is 6.11. The molecule has 0 bridgehead atoms. The second kappa shape index (κ2) is 6.97. The fourth-order valence-corrected chi connectivity index (χ4v) is 3.53. The van der Waals surface area contributed by atoms with Crippen LogP contribution in [0.3, 0.4) is 0 Å². The summed E-state index contributed by atoms with van der Waals surface area (Å²) in [6.45, 7) is 0. The number of amides is 2. The van der Waals surface area contributed by atoms with Gasteiger partial charge in [-0.2, -0.15) is 0 Å². The smallest absolute Gasteiger partial charge is 0.334 e. The Morgan fingerprint density at radius 2 is 2.00 bits per heavy atom. The second-order valence-electron chi connectivity index (χ2n) is 6.44. The van der Waals surface area contributed by atoms with Crippen molar-refractivity contribution in [1.29, 1.82) is 0 Å². The molecule has 10 heteroatoms. The van der Waals surface area contributed by atoms with E-state index in [4.69, 9.17) is 10.5 Å². The molecule has 2 heterocycles. The number of phenols is 1. The lowest BCUT2D eigenvalue weighted by atomic mass is 9.80. The first kappa shape index (κ1) is 18.8. The van der Waals surface area contributed by atoms with E-state index in [9.17, 15) is 29.4 Å². The zero-order valence-corrected chi connectivity index (χ0v) is 14.4. The number of benzene rings is 1. The summed E-state index contributed by atoms with van der Waals surface area (Å²) in [5, 5.41) is 21.6. The number of Topliss-reactive ketones (excluding diaryl/α,β-unsaturated/α-hetero) is 1. The highest BCUT2D eigenvalue weighted by atomic mass is 16.5. The topological polar surface area (TPSA) is 159 Å². The number of carbonyl (C=O) groups excluding carboxylic acids is 3. The van der Waals surface area contributed by atoms with Crippen molar-refractivity contribution in [1.82, 2.24) is 10.2 Å². The van der Waals surface area contributed by atoms with Crippen molar-refractivity contribution in [2.45, 2.75) is 36.7 Å². The van der Waals surface area contributed by atoms with E-state index in [-0.39, 0.29) is 17.7 Å². The Morgan fingerprint density at radius 1 is 1.33 bits per heavy atom. The van der Waals surface area contributed by atoms with E-state index in [1.165, 1.54) is 19.2 Å². The van der Waals surface area contributed by atoms with Gasteiger partial charge in [0.25, 0.3) is 0 Å². The number of ketones is 1. The molecule has 2 aliphatic rings. The van der Waals surface area contributed by atoms with E-state index in [0.29, 0.717) is 0 Å². The van der Waals surface area contributed by atoms with Gasteiger partial charge in [-0.25, -0.2) is 4.79 Å². The maximum Gasteiger partial charge on any atom is 0.334 e. The number of piperidine rings is 1. The molecule has 1 aromatic rings. The molecule has 2 aliphatic heterocycles. The maximum absolute atomic E-state index is 12.4. The van der Waals surface area contributed by atoms with Crippen molar-refractivity contribution in [2.24, 2.45) is 5.73 Å². The summed E-state index contributed by atoms with van der Waals surface area (Å²) in [6, 6.07) is 1.48. The number of nitrogens with one attached hydrogen (secondary N) is 1. The van der Waals surface area contributed by atoms with E-state index in [2.05, 4.69) is 5.32 Å². The molecular formula is C17H19N3O7. The number of aliphatic carboxylic acids is 1. The van der Waals surface area contributed by atoms with Crippen LogP contribution in [0.25, 0.3) is 0 Å². The van der Waals surface area contributed by atoms with E-state index in [1.807, 2.05) is 0 Å². The predicted octanol–water partition coefficient (Wildman–Crippen LogP) is -1.47. The molecule has 5 atom stereocenters. The molecular weight excluding hydrogens is 358 g/mol. The number of ether oxygens (including phenoxy) is 1. The lowest BCUT2D eigenvalue weighted by Crippen LogP contribution is -2.79. The molecule has 1 aromatic carbocycles. The number of carbonyl (C=O) groups is 4. The first-order valence-corrected chi connectivity index (χ1v) is 8.23. The van der Waals surface area contributed by atoms with Gasteiger partial charge in [0.15, 0.2) is 11.8 Å². The van der Waals surface area contributed by atoms with Crippen molar-refractivity contribution in [2.75, 3.05) is 7.11 Å². The van der Waals surface area contributed by atoms with Gasteiger partial charge >= 0.3 is 5.97 Å². The van der Waals surface area contributed by atoms with Crippen LogP contribution in [0.1, 0.15) is 18.0 Å². The largest absolute Gasteiger partial charge is 0.508 e. The average Bonchev–Trinajstić information content (AvgIpc) is 2.65. The number of methoxy groups -OCH3 is 1. The van der Waals surface area contributed by atoms with Crippen LogP contribution in [0.15, 0.2) is 24.3 Å². The van der Waals surface area contributed by atoms with Gasteiger partial charge in [-0.05, 0) is 6.07 Å². The fraction of sp³-hybridized carbons (Fsp3) is 0.412. The van der Waals surface area contributed by atoms with E-state index in [0.717, 1.165) is 4.90 Å². The molecule has 0 aliphatic carbocycles. The van der Waals surface area contributed by atoms with Gasteiger partial charge in [-0.3, -0.25) is 14.4 Å². The Kier molecular flexibility index (Phi) is 4.85.